The van der Waals surface area contributed by atoms with Gasteiger partial charge in [-0.2, -0.15) is 0 Å². The van der Waals surface area contributed by atoms with Crippen molar-refractivity contribution in [2.75, 3.05) is 19.8 Å². The fourth-order valence-corrected chi connectivity index (χ4v) is 11.4. The summed E-state index contributed by atoms with van der Waals surface area (Å²) < 4.78 is 11.2. The third kappa shape index (κ3) is 7.58. The van der Waals surface area contributed by atoms with E-state index in [-0.39, 0.29) is 58.6 Å². The number of carbonyl (C=O) groups is 6. The molecule has 53 heavy (non-hydrogen) atoms. The van der Waals surface area contributed by atoms with Gasteiger partial charge in [-0.3, -0.25) is 24.0 Å². The molecule has 0 aromatic heterocycles. The Labute approximate surface area is 316 Å². The molecule has 6 rings (SSSR count). The van der Waals surface area contributed by atoms with Crippen LogP contribution >= 0.6 is 0 Å². The first-order valence-electron chi connectivity index (χ1n) is 20.8. The Hall–Kier alpha value is -2.82. The highest BCUT2D eigenvalue weighted by molar-refractivity contribution is 6.36. The minimum absolute atomic E-state index is 0.0419. The smallest absolute Gasteiger partial charge is 0.408 e. The van der Waals surface area contributed by atoms with E-state index in [1.54, 1.807) is 4.90 Å². The average Bonchev–Trinajstić information content (AvgIpc) is 3.28. The molecule has 6 fully saturated rings. The zero-order valence-electron chi connectivity index (χ0n) is 33.0. The van der Waals surface area contributed by atoms with Gasteiger partial charge in [-0.15, -0.1) is 0 Å². The second-order valence-electron chi connectivity index (χ2n) is 19.3. The lowest BCUT2D eigenvalue weighted by Gasteiger charge is -2.37. The lowest BCUT2D eigenvalue weighted by molar-refractivity contribution is -0.147. The molecule has 4 saturated carbocycles. The number of ketones is 3. The fraction of sp³-hybridized carbons (Fsp3) is 0.857. The molecule has 0 bridgehead atoms. The van der Waals surface area contributed by atoms with Crippen molar-refractivity contribution in [1.29, 1.82) is 0 Å². The molecule has 11 nitrogen and oxygen atoms in total. The fourth-order valence-electron chi connectivity index (χ4n) is 11.4. The van der Waals surface area contributed by atoms with Crippen LogP contribution in [0.3, 0.4) is 0 Å². The zero-order chi connectivity index (χ0) is 38.3. The van der Waals surface area contributed by atoms with Gasteiger partial charge < -0.3 is 25.4 Å². The minimum atomic E-state index is -1.02. The second kappa shape index (κ2) is 15.4. The number of nitrogens with zero attached hydrogens (tertiary/aromatic N) is 1. The maximum absolute atomic E-state index is 15.1. The van der Waals surface area contributed by atoms with Gasteiger partial charge in [-0.1, -0.05) is 79.6 Å². The van der Waals surface area contributed by atoms with E-state index in [9.17, 15) is 24.0 Å². The summed E-state index contributed by atoms with van der Waals surface area (Å²) in [4.78, 5) is 84.2. The molecule has 3 N–H and O–H groups in total. The molecule has 5 atom stereocenters. The maximum atomic E-state index is 15.1. The van der Waals surface area contributed by atoms with Crippen LogP contribution in [0, 0.1) is 45.3 Å². The molecule has 0 aromatic rings. The maximum Gasteiger partial charge on any atom is 0.408 e. The van der Waals surface area contributed by atoms with Crippen molar-refractivity contribution < 1.29 is 38.2 Å². The molecule has 296 valence electrons. The van der Waals surface area contributed by atoms with Crippen LogP contribution in [0.5, 0.6) is 0 Å². The number of alkyl carbamates (subject to hydrolysis) is 1. The Bertz CT molecular complexity index is 1430. The molecular weight excluding hydrogens is 674 g/mol. The molecule has 0 radical (unpaired) electrons. The van der Waals surface area contributed by atoms with Crippen LogP contribution in [-0.4, -0.2) is 78.1 Å². The molecule has 2 saturated heterocycles. The number of Topliss-reactive ketones (excluding diaryl/α,β-unsaturated/α-hetero) is 3. The van der Waals surface area contributed by atoms with Crippen LogP contribution in [0.4, 0.5) is 4.79 Å². The summed E-state index contributed by atoms with van der Waals surface area (Å²) in [6.07, 6.45) is 12.1. The van der Waals surface area contributed by atoms with Gasteiger partial charge in [-0.25, -0.2) is 4.79 Å². The molecule has 6 aliphatic rings. The first-order chi connectivity index (χ1) is 25.0. The van der Waals surface area contributed by atoms with Crippen molar-refractivity contribution >= 4 is 35.3 Å². The average molecular weight is 740 g/mol. The van der Waals surface area contributed by atoms with Crippen molar-refractivity contribution in [2.24, 2.45) is 51.1 Å². The van der Waals surface area contributed by atoms with Crippen molar-refractivity contribution in [3.05, 3.63) is 0 Å². The van der Waals surface area contributed by atoms with Crippen LogP contribution in [0.1, 0.15) is 144 Å². The number of fused-ring (bicyclic) bond motifs is 1. The Morgan fingerprint density at radius 1 is 0.868 bits per heavy atom. The number of likely N-dealkylation sites (tertiary alicyclic amines) is 1. The SMILES string of the molecule is CC(C)(C)[C@H](CC(=O)[C@@H](NC(=O)OC1CCOCC1)C1CCCCC1)C(=O)N1C[C@]2(C[C@H]1C(=O)CC(CC1CCC1)C(=O)C(N)=O)C(C)(C)C21CCC1. The number of ether oxygens (including phenoxy) is 2. The van der Waals surface area contributed by atoms with Gasteiger partial charge >= 0.3 is 6.09 Å². The lowest BCUT2D eigenvalue weighted by Crippen LogP contribution is -2.51. The van der Waals surface area contributed by atoms with Gasteiger partial charge in [0, 0.05) is 49.5 Å². The van der Waals surface area contributed by atoms with E-state index in [4.69, 9.17) is 15.2 Å². The number of hydrogen-bond donors (Lipinski definition) is 2. The van der Waals surface area contributed by atoms with Crippen LogP contribution in [0.15, 0.2) is 0 Å². The number of carbonyl (C=O) groups excluding carboxylic acids is 6. The summed E-state index contributed by atoms with van der Waals surface area (Å²) in [6.45, 7) is 11.9. The predicted molar refractivity (Wildman–Crippen MR) is 198 cm³/mol. The number of nitrogens with one attached hydrogen (secondary N) is 1. The Balaban J connectivity index is 1.25. The standard InChI is InChI=1S/C42H65N3O8/c1-39(2,3)30(23-33(47)34(27-13-7-6-8-14-27)44-38(51)53-29-15-19-52-20-16-29)37(50)45-25-42(40(4,5)41(42)17-10-18-41)24-31(45)32(46)22-28(35(48)36(43)49)21-26-11-9-12-26/h26-31,34H,6-25H2,1-5H3,(H2,43,49)(H,44,51)/t28?,30-,31+,34+,42-/m1/s1. The highest BCUT2D eigenvalue weighted by Crippen LogP contribution is 2.88. The quantitative estimate of drug-likeness (QED) is 0.203. The minimum Gasteiger partial charge on any atom is -0.446 e. The van der Waals surface area contributed by atoms with Gasteiger partial charge in [-0.05, 0) is 66.6 Å². The molecule has 2 heterocycles. The van der Waals surface area contributed by atoms with E-state index in [1.165, 1.54) is 0 Å². The predicted octanol–water partition coefficient (Wildman–Crippen LogP) is 6.08. The van der Waals surface area contributed by atoms with Crippen LogP contribution in [0.25, 0.3) is 0 Å². The van der Waals surface area contributed by atoms with E-state index in [0.29, 0.717) is 51.4 Å². The van der Waals surface area contributed by atoms with Crippen LogP contribution < -0.4 is 11.1 Å². The van der Waals surface area contributed by atoms with Crippen LogP contribution in [0.2, 0.25) is 0 Å². The van der Waals surface area contributed by atoms with Crippen molar-refractivity contribution in [2.45, 2.75) is 162 Å². The summed E-state index contributed by atoms with van der Waals surface area (Å²) in [6, 6.07) is -1.51. The number of primary amides is 1. The third-order valence-electron chi connectivity index (χ3n) is 15.3. The van der Waals surface area contributed by atoms with Gasteiger partial charge in [0.25, 0.3) is 5.91 Å². The van der Waals surface area contributed by atoms with E-state index >= 15 is 4.79 Å². The third-order valence-corrected chi connectivity index (χ3v) is 15.3. The highest BCUT2D eigenvalue weighted by Gasteiger charge is 2.85. The number of amides is 3. The van der Waals surface area contributed by atoms with Gasteiger partial charge in [0.05, 0.1) is 25.3 Å². The molecule has 2 spiro atoms. The topological polar surface area (TPSA) is 162 Å². The number of nitrogens with two attached hydrogens (primary N) is 1. The van der Waals surface area contributed by atoms with Gasteiger partial charge in [0.2, 0.25) is 11.7 Å². The first kappa shape index (κ1) is 39.9. The van der Waals surface area contributed by atoms with Crippen molar-refractivity contribution in [3.63, 3.8) is 0 Å². The normalized spacial score (nSPS) is 28.7. The molecule has 2 aliphatic heterocycles. The summed E-state index contributed by atoms with van der Waals surface area (Å²) in [5, 5.41) is 2.95. The Morgan fingerprint density at radius 3 is 2.06 bits per heavy atom. The first-order valence-corrected chi connectivity index (χ1v) is 20.8. The lowest BCUT2D eigenvalue weighted by atomic mass is 9.73. The highest BCUT2D eigenvalue weighted by atomic mass is 16.6. The van der Waals surface area contributed by atoms with E-state index in [0.717, 1.165) is 70.6 Å². The molecule has 4 aliphatic carbocycles. The van der Waals surface area contributed by atoms with Gasteiger partial charge in [0.1, 0.15) is 6.10 Å². The summed E-state index contributed by atoms with van der Waals surface area (Å²) >= 11 is 0. The largest absolute Gasteiger partial charge is 0.446 e. The number of rotatable bonds is 14. The van der Waals surface area contributed by atoms with E-state index in [2.05, 4.69) is 19.2 Å². The van der Waals surface area contributed by atoms with Gasteiger partial charge in [0.15, 0.2) is 11.6 Å². The van der Waals surface area contributed by atoms with Crippen molar-refractivity contribution in [3.8, 4) is 0 Å². The van der Waals surface area contributed by atoms with Crippen LogP contribution in [-0.2, 0) is 33.4 Å². The molecule has 11 heteroatoms. The monoisotopic (exact) mass is 739 g/mol. The summed E-state index contributed by atoms with van der Waals surface area (Å²) in [5.41, 5.74) is 4.63. The Morgan fingerprint density at radius 2 is 1.53 bits per heavy atom. The molecule has 0 aromatic carbocycles. The number of hydrogen-bond acceptors (Lipinski definition) is 8. The molecule has 3 amide bonds. The zero-order valence-corrected chi connectivity index (χ0v) is 33.0. The van der Waals surface area contributed by atoms with E-state index < -0.39 is 47.1 Å². The van der Waals surface area contributed by atoms with Crippen molar-refractivity contribution in [1.82, 2.24) is 10.2 Å². The Kier molecular flexibility index (Phi) is 11.6. The molecular formula is C42H65N3O8. The second-order valence-corrected chi connectivity index (χ2v) is 19.3. The molecule has 1 unspecified atom stereocenters. The summed E-state index contributed by atoms with van der Waals surface area (Å²) in [5.74, 6) is -3.58. The van der Waals surface area contributed by atoms with E-state index in [1.807, 2.05) is 20.8 Å². The summed E-state index contributed by atoms with van der Waals surface area (Å²) in [7, 11) is 0.